The number of aryl methyl sites for hydroxylation is 1. The Bertz CT molecular complexity index is 1770. The number of allylic oxidation sites excluding steroid dienone is 5. The van der Waals surface area contributed by atoms with Gasteiger partial charge in [-0.1, -0.05) is 63.8 Å². The highest BCUT2D eigenvalue weighted by atomic mass is 19.3. The van der Waals surface area contributed by atoms with Crippen LogP contribution in [0.4, 0.5) is 14.6 Å². The van der Waals surface area contributed by atoms with Crippen LogP contribution in [0, 0.1) is 0 Å². The van der Waals surface area contributed by atoms with Crippen molar-refractivity contribution in [2.75, 3.05) is 73.6 Å². The number of nitrogens with one attached hydrogen (secondary N) is 4. The molecule has 0 spiro atoms. The summed E-state index contributed by atoms with van der Waals surface area (Å²) >= 11 is 0. The smallest absolute Gasteiger partial charge is 0.280 e. The van der Waals surface area contributed by atoms with Crippen LogP contribution in [0.3, 0.4) is 0 Å². The lowest BCUT2D eigenvalue weighted by Crippen LogP contribution is -2.47. The summed E-state index contributed by atoms with van der Waals surface area (Å²) in [6.45, 7) is 28.1. The lowest BCUT2D eigenvalue weighted by atomic mass is 9.95. The Morgan fingerprint density at radius 2 is 1.78 bits per heavy atom. The number of rotatable bonds is 24. The zero-order chi connectivity index (χ0) is 45.7. The monoisotopic (exact) mass is 879 g/mol. The standard InChI is InChI=1S/C25H44N4O2.C22H32F2N8/c1-9-10-13-25(14-11-18-31-19-12-17-28(6)7)23(4)29(8)24(5)27-22(3)16-15-21(2)26-20-30;1-15(27-18-14-32(29-20(18)21(23)24)16-5-3-2-4-6-16)17-13-26-31-10-7-19(28-22(17)31)30-11-8-25-9-12-30/h9-10,13,20,22,27H,2,4-5,11-12,14-19H2,1,3,6-8H3,(H,26,30);13,16,18,21,25,27H,1-12,14H2/b10-9-,25-13-;. The zero-order valence-corrected chi connectivity index (χ0v) is 38.8. The Morgan fingerprint density at radius 1 is 1.05 bits per heavy atom. The van der Waals surface area contributed by atoms with Crippen LogP contribution >= 0.6 is 0 Å². The molecule has 350 valence electrons. The molecule has 14 nitrogen and oxygen atoms in total. The molecule has 1 saturated carbocycles. The maximum absolute atomic E-state index is 13.8. The van der Waals surface area contributed by atoms with E-state index in [2.05, 4.69) is 94.7 Å². The first-order valence-electron chi connectivity index (χ1n) is 22.8. The van der Waals surface area contributed by atoms with Crippen molar-refractivity contribution in [2.45, 2.75) is 116 Å². The Labute approximate surface area is 376 Å². The first kappa shape index (κ1) is 50.8. The minimum absolute atomic E-state index is 0.0947. The molecule has 1 amide bonds. The molecule has 0 bridgehead atoms. The summed E-state index contributed by atoms with van der Waals surface area (Å²) in [7, 11) is 6.12. The van der Waals surface area contributed by atoms with Gasteiger partial charge in [-0.25, -0.2) is 18.5 Å². The predicted molar refractivity (Wildman–Crippen MR) is 254 cm³/mol. The summed E-state index contributed by atoms with van der Waals surface area (Å²) in [6, 6.07) is -0.112. The third-order valence-corrected chi connectivity index (χ3v) is 11.8. The van der Waals surface area contributed by atoms with Crippen molar-refractivity contribution in [3.63, 3.8) is 0 Å². The van der Waals surface area contributed by atoms with Crippen molar-refractivity contribution >= 4 is 29.5 Å². The lowest BCUT2D eigenvalue weighted by Gasteiger charge is -2.32. The fourth-order valence-corrected chi connectivity index (χ4v) is 8.03. The maximum Gasteiger partial charge on any atom is 0.280 e. The van der Waals surface area contributed by atoms with Gasteiger partial charge in [-0.05, 0) is 85.0 Å². The van der Waals surface area contributed by atoms with Gasteiger partial charge in [-0.15, -0.1) is 0 Å². The molecule has 2 unspecified atom stereocenters. The van der Waals surface area contributed by atoms with Gasteiger partial charge in [-0.3, -0.25) is 9.80 Å². The fraction of sp³-hybridized carbons (Fsp3) is 0.617. The SMILES string of the molecule is C=C(CCC(C)NC(=C)N(C)C(=C)/C(=C\C=C/C)CCCOCCCN(C)C)NC=O.C=C(NC1CN(C2CCCCC2)N=C1C(F)F)c1cnn2c1N=C(N1CCNCC1)CC2. The summed E-state index contributed by atoms with van der Waals surface area (Å²) in [5.41, 5.74) is 4.04. The number of carbonyl (C=O) groups excluding carboxylic acids is 1. The van der Waals surface area contributed by atoms with E-state index in [1.54, 1.807) is 6.20 Å². The van der Waals surface area contributed by atoms with E-state index < -0.39 is 12.5 Å². The number of aromatic nitrogens is 2. The van der Waals surface area contributed by atoms with Gasteiger partial charge >= 0.3 is 0 Å². The number of ether oxygens (including phenoxy) is 1. The van der Waals surface area contributed by atoms with Gasteiger partial charge in [-0.2, -0.15) is 10.2 Å². The van der Waals surface area contributed by atoms with E-state index >= 15 is 0 Å². The second-order valence-electron chi connectivity index (χ2n) is 17.0. The molecular formula is C47H76F2N12O2. The van der Waals surface area contributed by atoms with Crippen molar-refractivity contribution < 1.29 is 18.3 Å². The van der Waals surface area contributed by atoms with Crippen LogP contribution in [0.2, 0.25) is 0 Å². The number of amidine groups is 1. The number of fused-ring (bicyclic) bond motifs is 1. The highest BCUT2D eigenvalue weighted by Crippen LogP contribution is 2.31. The Morgan fingerprint density at radius 3 is 2.46 bits per heavy atom. The molecule has 4 heterocycles. The van der Waals surface area contributed by atoms with E-state index in [0.29, 0.717) is 30.8 Å². The first-order chi connectivity index (χ1) is 30.3. The van der Waals surface area contributed by atoms with E-state index in [0.717, 1.165) is 145 Å². The third-order valence-electron chi connectivity index (χ3n) is 11.8. The van der Waals surface area contributed by atoms with E-state index in [1.807, 2.05) is 40.7 Å². The second-order valence-corrected chi connectivity index (χ2v) is 17.0. The van der Waals surface area contributed by atoms with Gasteiger partial charge < -0.3 is 40.7 Å². The fourth-order valence-electron chi connectivity index (χ4n) is 8.03. The topological polar surface area (TPSA) is 130 Å². The normalized spacial score (nSPS) is 18.6. The van der Waals surface area contributed by atoms with Crippen molar-refractivity contribution in [1.82, 2.24) is 50.8 Å². The van der Waals surface area contributed by atoms with Crippen LogP contribution in [0.25, 0.3) is 5.70 Å². The number of likely N-dealkylation sites (N-methyl/N-ethyl adjacent to an activating group) is 1. The van der Waals surface area contributed by atoms with Gasteiger partial charge in [0.25, 0.3) is 6.43 Å². The third kappa shape index (κ3) is 16.4. The molecular weight excluding hydrogens is 803 g/mol. The number of aliphatic imine (C=N–C) groups is 1. The molecule has 16 heteroatoms. The lowest BCUT2D eigenvalue weighted by molar-refractivity contribution is -0.109. The summed E-state index contributed by atoms with van der Waals surface area (Å²) < 4.78 is 35.2. The summed E-state index contributed by atoms with van der Waals surface area (Å²) in [4.78, 5) is 21.8. The number of carbonyl (C=O) groups is 1. The van der Waals surface area contributed by atoms with Crippen molar-refractivity contribution in [1.29, 1.82) is 0 Å². The van der Waals surface area contributed by atoms with Crippen LogP contribution in [0.15, 0.2) is 83.6 Å². The van der Waals surface area contributed by atoms with Crippen molar-refractivity contribution in [3.8, 4) is 0 Å². The average Bonchev–Trinajstić information content (AvgIpc) is 3.91. The van der Waals surface area contributed by atoms with Gasteiger partial charge in [0.05, 0.1) is 36.7 Å². The average molecular weight is 879 g/mol. The summed E-state index contributed by atoms with van der Waals surface area (Å²) in [6.07, 6.45) is 16.8. The molecule has 3 aliphatic heterocycles. The second kappa shape index (κ2) is 26.7. The number of halogens is 2. The van der Waals surface area contributed by atoms with Crippen LogP contribution in [0.1, 0.15) is 90.0 Å². The summed E-state index contributed by atoms with van der Waals surface area (Å²) in [5, 5.41) is 23.3. The van der Waals surface area contributed by atoms with E-state index in [4.69, 9.17) is 9.73 Å². The largest absolute Gasteiger partial charge is 0.381 e. The Balaban J connectivity index is 0.000000277. The molecule has 63 heavy (non-hydrogen) atoms. The minimum Gasteiger partial charge on any atom is -0.381 e. The number of amides is 1. The molecule has 4 aliphatic rings. The van der Waals surface area contributed by atoms with Gasteiger partial charge in [0, 0.05) is 82.0 Å². The Kier molecular flexibility index (Phi) is 21.6. The molecule has 4 N–H and O–H groups in total. The van der Waals surface area contributed by atoms with Crippen molar-refractivity contribution in [3.05, 3.63) is 79.1 Å². The number of hydrogen-bond acceptors (Lipinski definition) is 12. The maximum atomic E-state index is 13.8. The highest BCUT2D eigenvalue weighted by molar-refractivity contribution is 5.95. The van der Waals surface area contributed by atoms with Gasteiger partial charge in [0.2, 0.25) is 6.41 Å². The van der Waals surface area contributed by atoms with Crippen LogP contribution in [-0.2, 0) is 16.1 Å². The summed E-state index contributed by atoms with van der Waals surface area (Å²) in [5.74, 6) is 2.60. The number of hydrogen-bond donors (Lipinski definition) is 4. The van der Waals surface area contributed by atoms with E-state index in [-0.39, 0.29) is 17.8 Å². The number of nitrogens with zero attached hydrogens (tertiary/aromatic N) is 8. The number of hydrazone groups is 1. The highest BCUT2D eigenvalue weighted by Gasteiger charge is 2.36. The molecule has 0 aromatic carbocycles. The van der Waals surface area contributed by atoms with Gasteiger partial charge in [0.15, 0.2) is 5.82 Å². The van der Waals surface area contributed by atoms with E-state index in [1.165, 1.54) is 6.42 Å². The first-order valence-corrected chi connectivity index (χ1v) is 22.8. The molecule has 1 aromatic heterocycles. The van der Waals surface area contributed by atoms with Crippen molar-refractivity contribution in [2.24, 2.45) is 10.1 Å². The molecule has 1 saturated heterocycles. The van der Waals surface area contributed by atoms with Crippen LogP contribution < -0.4 is 21.3 Å². The molecule has 0 radical (unpaired) electrons. The predicted octanol–water partition coefficient (Wildman–Crippen LogP) is 6.59. The molecule has 1 aliphatic carbocycles. The molecule has 5 rings (SSSR count). The van der Waals surface area contributed by atoms with Crippen LogP contribution in [0.5, 0.6) is 0 Å². The molecule has 1 aromatic rings. The minimum atomic E-state index is -2.59. The quantitative estimate of drug-likeness (QED) is 0.0513. The van der Waals surface area contributed by atoms with Crippen LogP contribution in [-0.4, -0.2) is 146 Å². The Hall–Kier alpha value is -4.80. The zero-order valence-electron chi connectivity index (χ0n) is 38.8. The molecule has 2 fully saturated rings. The number of piperazine rings is 1. The number of alkyl halides is 2. The van der Waals surface area contributed by atoms with Gasteiger partial charge in [0.1, 0.15) is 11.5 Å². The van der Waals surface area contributed by atoms with E-state index in [9.17, 15) is 13.6 Å². The molecule has 2 atom stereocenters.